The van der Waals surface area contributed by atoms with Crippen molar-refractivity contribution in [2.45, 2.75) is 31.2 Å². The Morgan fingerprint density at radius 3 is 2.69 bits per heavy atom. The highest BCUT2D eigenvalue weighted by atomic mass is 32.2. The zero-order valence-corrected chi connectivity index (χ0v) is 16.0. The zero-order chi connectivity index (χ0) is 18.9. The van der Waals surface area contributed by atoms with Gasteiger partial charge in [0, 0.05) is 33.4 Å². The number of rotatable bonds is 5. The van der Waals surface area contributed by atoms with Crippen LogP contribution in [0.1, 0.15) is 24.2 Å². The van der Waals surface area contributed by atoms with Crippen LogP contribution in [0.5, 0.6) is 0 Å². The predicted molar refractivity (Wildman–Crippen MR) is 94.5 cm³/mol. The van der Waals surface area contributed by atoms with Crippen LogP contribution in [-0.4, -0.2) is 51.3 Å². The van der Waals surface area contributed by atoms with Crippen LogP contribution < -0.4 is 5.32 Å². The molecule has 1 N–H and O–H groups in total. The van der Waals surface area contributed by atoms with Gasteiger partial charge in [0.15, 0.2) is 0 Å². The number of nitrogens with zero attached hydrogens (tertiary/aromatic N) is 5. The van der Waals surface area contributed by atoms with Crippen LogP contribution in [0.25, 0.3) is 0 Å². The summed E-state index contributed by atoms with van der Waals surface area (Å²) in [6.07, 6.45) is 4.38. The number of aromatic nitrogens is 4. The molecule has 26 heavy (non-hydrogen) atoms. The van der Waals surface area contributed by atoms with Crippen molar-refractivity contribution in [2.75, 3.05) is 13.1 Å². The fraction of sp³-hybridized carbons (Fsp3) is 0.562. The fourth-order valence-electron chi connectivity index (χ4n) is 3.14. The third kappa shape index (κ3) is 3.51. The fourth-order valence-corrected chi connectivity index (χ4v) is 4.85. The first-order valence-electron chi connectivity index (χ1n) is 8.54. The molecule has 142 valence electrons. The smallest absolute Gasteiger partial charge is 0.246 e. The number of carbonyl (C=O) groups is 1. The monoisotopic (exact) mass is 380 g/mol. The Morgan fingerprint density at radius 1 is 1.31 bits per heavy atom. The van der Waals surface area contributed by atoms with Gasteiger partial charge in [0.2, 0.25) is 15.9 Å². The number of sulfonamides is 1. The Labute approximate surface area is 153 Å². The second kappa shape index (κ2) is 7.20. The Bertz CT molecular complexity index is 901. The molecule has 2 aromatic heterocycles. The number of hydrogen-bond acceptors (Lipinski definition) is 5. The maximum absolute atomic E-state index is 12.9. The van der Waals surface area contributed by atoms with E-state index in [-0.39, 0.29) is 23.3 Å². The lowest BCUT2D eigenvalue weighted by Gasteiger charge is -2.31. The number of piperidine rings is 1. The SMILES string of the molecule is Cc1c(S(=O)(=O)N2CCCC(C(=O)NCc3ccnn3C)C2)cnn1C. The Hall–Kier alpha value is -2.20. The standard InChI is InChI=1S/C16H24N6O3S/c1-12-15(10-19-20(12)2)26(24,25)22-8-4-5-13(11-22)16(23)17-9-14-6-7-18-21(14)3/h6-7,10,13H,4-5,8-9,11H2,1-3H3,(H,17,23). The Kier molecular flexibility index (Phi) is 5.15. The third-order valence-electron chi connectivity index (χ3n) is 4.93. The molecular formula is C16H24N6O3S. The molecule has 1 amide bonds. The van der Waals surface area contributed by atoms with Crippen molar-refractivity contribution in [3.05, 3.63) is 29.8 Å². The lowest BCUT2D eigenvalue weighted by Crippen LogP contribution is -2.45. The number of carbonyl (C=O) groups excluding carboxylic acids is 1. The van der Waals surface area contributed by atoms with Gasteiger partial charge in [-0.2, -0.15) is 14.5 Å². The second-order valence-corrected chi connectivity index (χ2v) is 8.49. The van der Waals surface area contributed by atoms with Gasteiger partial charge in [-0.1, -0.05) is 0 Å². The van der Waals surface area contributed by atoms with E-state index >= 15 is 0 Å². The molecule has 2 aromatic rings. The summed E-state index contributed by atoms with van der Waals surface area (Å²) in [5.41, 5.74) is 1.48. The highest BCUT2D eigenvalue weighted by Crippen LogP contribution is 2.25. The van der Waals surface area contributed by atoms with Crippen molar-refractivity contribution < 1.29 is 13.2 Å². The normalized spacial score (nSPS) is 18.8. The van der Waals surface area contributed by atoms with Gasteiger partial charge in [-0.05, 0) is 25.8 Å². The van der Waals surface area contributed by atoms with E-state index in [1.807, 2.05) is 13.1 Å². The maximum Gasteiger partial charge on any atom is 0.246 e. The molecule has 0 spiro atoms. The number of hydrogen-bond donors (Lipinski definition) is 1. The van der Waals surface area contributed by atoms with Gasteiger partial charge >= 0.3 is 0 Å². The molecule has 0 aliphatic carbocycles. The average molecular weight is 380 g/mol. The summed E-state index contributed by atoms with van der Waals surface area (Å²) in [6.45, 7) is 2.71. The van der Waals surface area contributed by atoms with Crippen LogP contribution in [0.2, 0.25) is 0 Å². The van der Waals surface area contributed by atoms with Gasteiger partial charge < -0.3 is 5.32 Å². The third-order valence-corrected chi connectivity index (χ3v) is 6.90. The topological polar surface area (TPSA) is 102 Å². The molecule has 1 aliphatic heterocycles. The molecule has 0 aromatic carbocycles. The molecule has 1 atom stereocenters. The van der Waals surface area contributed by atoms with E-state index < -0.39 is 10.0 Å². The molecule has 1 aliphatic rings. The molecule has 1 unspecified atom stereocenters. The lowest BCUT2D eigenvalue weighted by atomic mass is 9.99. The minimum atomic E-state index is -3.65. The summed E-state index contributed by atoms with van der Waals surface area (Å²) in [5, 5.41) is 11.0. The molecule has 9 nitrogen and oxygen atoms in total. The minimum absolute atomic E-state index is 0.131. The Balaban J connectivity index is 1.68. The summed E-state index contributed by atoms with van der Waals surface area (Å²) in [7, 11) is -0.128. The Morgan fingerprint density at radius 2 is 2.08 bits per heavy atom. The predicted octanol–water partition coefficient (Wildman–Crippen LogP) is 0.179. The van der Waals surface area contributed by atoms with E-state index in [4.69, 9.17) is 0 Å². The summed E-state index contributed by atoms with van der Waals surface area (Å²) < 4.78 is 30.4. The lowest BCUT2D eigenvalue weighted by molar-refractivity contribution is -0.126. The quantitative estimate of drug-likeness (QED) is 0.797. The van der Waals surface area contributed by atoms with Gasteiger partial charge in [0.05, 0.1) is 30.0 Å². The van der Waals surface area contributed by atoms with Gasteiger partial charge in [0.25, 0.3) is 0 Å². The molecule has 3 heterocycles. The van der Waals surface area contributed by atoms with Crippen molar-refractivity contribution in [2.24, 2.45) is 20.0 Å². The van der Waals surface area contributed by atoms with Crippen molar-refractivity contribution in [3.8, 4) is 0 Å². The van der Waals surface area contributed by atoms with E-state index in [2.05, 4.69) is 15.5 Å². The van der Waals surface area contributed by atoms with Crippen LogP contribution in [-0.2, 0) is 35.5 Å². The van der Waals surface area contributed by atoms with Gasteiger partial charge in [-0.3, -0.25) is 14.2 Å². The highest BCUT2D eigenvalue weighted by Gasteiger charge is 2.34. The van der Waals surface area contributed by atoms with Gasteiger partial charge in [0.1, 0.15) is 4.90 Å². The molecule has 10 heteroatoms. The molecular weight excluding hydrogens is 356 g/mol. The number of amides is 1. The van der Waals surface area contributed by atoms with Crippen LogP contribution in [0.3, 0.4) is 0 Å². The summed E-state index contributed by atoms with van der Waals surface area (Å²) >= 11 is 0. The maximum atomic E-state index is 12.9. The summed E-state index contributed by atoms with van der Waals surface area (Å²) in [6, 6.07) is 1.84. The second-order valence-electron chi connectivity index (χ2n) is 6.58. The van der Waals surface area contributed by atoms with Crippen molar-refractivity contribution in [3.63, 3.8) is 0 Å². The number of nitrogens with one attached hydrogen (secondary N) is 1. The van der Waals surface area contributed by atoms with E-state index in [9.17, 15) is 13.2 Å². The van der Waals surface area contributed by atoms with E-state index in [1.165, 1.54) is 15.2 Å². The van der Waals surface area contributed by atoms with Crippen LogP contribution in [0.15, 0.2) is 23.4 Å². The summed E-state index contributed by atoms with van der Waals surface area (Å²) in [4.78, 5) is 12.7. The first-order valence-corrected chi connectivity index (χ1v) is 9.98. The zero-order valence-electron chi connectivity index (χ0n) is 15.2. The van der Waals surface area contributed by atoms with E-state index in [1.54, 1.807) is 24.9 Å². The van der Waals surface area contributed by atoms with E-state index in [0.29, 0.717) is 31.6 Å². The first kappa shape index (κ1) is 18.6. The molecule has 1 saturated heterocycles. The molecule has 0 bridgehead atoms. The minimum Gasteiger partial charge on any atom is -0.350 e. The van der Waals surface area contributed by atoms with Gasteiger partial charge in [-0.25, -0.2) is 8.42 Å². The summed E-state index contributed by atoms with van der Waals surface area (Å²) in [5.74, 6) is -0.488. The van der Waals surface area contributed by atoms with Gasteiger partial charge in [-0.15, -0.1) is 0 Å². The van der Waals surface area contributed by atoms with Crippen LogP contribution in [0.4, 0.5) is 0 Å². The largest absolute Gasteiger partial charge is 0.350 e. The van der Waals surface area contributed by atoms with Crippen molar-refractivity contribution >= 4 is 15.9 Å². The van der Waals surface area contributed by atoms with Crippen molar-refractivity contribution in [1.29, 1.82) is 0 Å². The van der Waals surface area contributed by atoms with Crippen molar-refractivity contribution in [1.82, 2.24) is 29.2 Å². The molecule has 1 fully saturated rings. The number of aryl methyl sites for hydroxylation is 2. The molecule has 0 saturated carbocycles. The van der Waals surface area contributed by atoms with E-state index in [0.717, 1.165) is 5.69 Å². The van der Waals surface area contributed by atoms with Crippen LogP contribution >= 0.6 is 0 Å². The van der Waals surface area contributed by atoms with Crippen LogP contribution in [0, 0.1) is 12.8 Å². The molecule has 3 rings (SSSR count). The molecule has 0 radical (unpaired) electrons. The average Bonchev–Trinajstić information content (AvgIpc) is 3.19. The first-order chi connectivity index (χ1) is 12.3. The highest BCUT2D eigenvalue weighted by molar-refractivity contribution is 7.89.